The second kappa shape index (κ2) is 5.68. The van der Waals surface area contributed by atoms with Gasteiger partial charge < -0.3 is 10.6 Å². The Kier molecular flexibility index (Phi) is 4.45. The van der Waals surface area contributed by atoms with E-state index in [9.17, 15) is 0 Å². The van der Waals surface area contributed by atoms with E-state index < -0.39 is 0 Å². The largest absolute Gasteiger partial charge is 0.329 e. The molecule has 0 bridgehead atoms. The van der Waals surface area contributed by atoms with E-state index in [0.717, 1.165) is 12.5 Å². The summed E-state index contributed by atoms with van der Waals surface area (Å²) in [6, 6.07) is 0. The molecule has 2 N–H and O–H groups in total. The van der Waals surface area contributed by atoms with Crippen molar-refractivity contribution in [1.29, 1.82) is 0 Å². The van der Waals surface area contributed by atoms with Crippen LogP contribution >= 0.6 is 0 Å². The van der Waals surface area contributed by atoms with Crippen molar-refractivity contribution in [3.63, 3.8) is 0 Å². The number of nitrogens with two attached hydrogens (primary N) is 1. The quantitative estimate of drug-likeness (QED) is 0.811. The minimum atomic E-state index is 0.331. The Morgan fingerprint density at radius 3 is 2.47 bits per heavy atom. The first-order valence-electron chi connectivity index (χ1n) is 7.37. The molecule has 100 valence electrons. The molecule has 2 aliphatic rings. The van der Waals surface area contributed by atoms with E-state index in [1.165, 1.54) is 58.4 Å². The van der Waals surface area contributed by atoms with Gasteiger partial charge in [0.05, 0.1) is 0 Å². The van der Waals surface area contributed by atoms with Crippen LogP contribution in [0.1, 0.15) is 39.5 Å². The van der Waals surface area contributed by atoms with E-state index in [2.05, 4.69) is 23.6 Å². The first-order chi connectivity index (χ1) is 8.20. The molecule has 0 spiro atoms. The predicted molar refractivity (Wildman–Crippen MR) is 73.1 cm³/mol. The second-order valence-electron chi connectivity index (χ2n) is 6.05. The zero-order valence-corrected chi connectivity index (χ0v) is 11.6. The molecular formula is C14H29N3. The molecule has 0 aromatic rings. The summed E-state index contributed by atoms with van der Waals surface area (Å²) >= 11 is 0. The Balaban J connectivity index is 1.98. The summed E-state index contributed by atoms with van der Waals surface area (Å²) in [7, 11) is 0. The van der Waals surface area contributed by atoms with E-state index >= 15 is 0 Å². The van der Waals surface area contributed by atoms with Crippen LogP contribution < -0.4 is 5.73 Å². The van der Waals surface area contributed by atoms with Crippen LogP contribution in [-0.4, -0.2) is 54.6 Å². The van der Waals surface area contributed by atoms with E-state index in [4.69, 9.17) is 5.73 Å². The normalized spacial score (nSPS) is 37.2. The summed E-state index contributed by atoms with van der Waals surface area (Å²) in [5.74, 6) is 0.858. The standard InChI is InChI=1S/C14H29N3/c1-3-16-7-9-17(10-8-16)14(12-15)6-4-5-13(2)11-14/h13H,3-12,15H2,1-2H3. The fraction of sp³-hybridized carbons (Fsp3) is 1.00. The molecule has 0 radical (unpaired) electrons. The first kappa shape index (κ1) is 13.3. The van der Waals surface area contributed by atoms with E-state index in [0.29, 0.717) is 5.54 Å². The number of likely N-dealkylation sites (N-methyl/N-ethyl adjacent to an activating group) is 1. The Hall–Kier alpha value is -0.120. The van der Waals surface area contributed by atoms with Gasteiger partial charge in [0, 0.05) is 38.3 Å². The van der Waals surface area contributed by atoms with Crippen LogP contribution in [-0.2, 0) is 0 Å². The molecule has 2 fully saturated rings. The number of hydrogen-bond donors (Lipinski definition) is 1. The van der Waals surface area contributed by atoms with Gasteiger partial charge in [-0.25, -0.2) is 0 Å². The molecule has 3 heteroatoms. The molecule has 1 heterocycles. The van der Waals surface area contributed by atoms with Gasteiger partial charge in [0.25, 0.3) is 0 Å². The van der Waals surface area contributed by atoms with E-state index in [1.54, 1.807) is 0 Å². The topological polar surface area (TPSA) is 32.5 Å². The number of rotatable bonds is 3. The molecule has 1 aliphatic carbocycles. The van der Waals surface area contributed by atoms with Crippen LogP contribution in [0.25, 0.3) is 0 Å². The lowest BCUT2D eigenvalue weighted by molar-refractivity contribution is 0.00231. The number of nitrogens with zero attached hydrogens (tertiary/aromatic N) is 2. The third-order valence-electron chi connectivity index (χ3n) is 4.94. The maximum absolute atomic E-state index is 6.14. The molecule has 2 atom stereocenters. The maximum atomic E-state index is 6.14. The molecule has 1 saturated heterocycles. The van der Waals surface area contributed by atoms with Crippen molar-refractivity contribution in [2.75, 3.05) is 39.3 Å². The average molecular weight is 239 g/mol. The van der Waals surface area contributed by atoms with Crippen molar-refractivity contribution < 1.29 is 0 Å². The van der Waals surface area contributed by atoms with Crippen LogP contribution in [0.5, 0.6) is 0 Å². The van der Waals surface area contributed by atoms with E-state index in [-0.39, 0.29) is 0 Å². The van der Waals surface area contributed by atoms with Gasteiger partial charge in [-0.05, 0) is 25.3 Å². The lowest BCUT2D eigenvalue weighted by Crippen LogP contribution is -2.61. The predicted octanol–water partition coefficient (Wildman–Crippen LogP) is 1.53. The highest BCUT2D eigenvalue weighted by molar-refractivity contribution is 4.97. The summed E-state index contributed by atoms with van der Waals surface area (Å²) in [4.78, 5) is 5.25. The molecule has 1 aliphatic heterocycles. The van der Waals surface area contributed by atoms with Crippen LogP contribution in [0.4, 0.5) is 0 Å². The van der Waals surface area contributed by atoms with Gasteiger partial charge in [0.2, 0.25) is 0 Å². The second-order valence-corrected chi connectivity index (χ2v) is 6.05. The van der Waals surface area contributed by atoms with Crippen molar-refractivity contribution in [3.05, 3.63) is 0 Å². The van der Waals surface area contributed by atoms with Crippen molar-refractivity contribution in [1.82, 2.24) is 9.80 Å². The molecule has 2 unspecified atom stereocenters. The van der Waals surface area contributed by atoms with Crippen molar-refractivity contribution in [3.8, 4) is 0 Å². The van der Waals surface area contributed by atoms with Gasteiger partial charge >= 0.3 is 0 Å². The van der Waals surface area contributed by atoms with Crippen molar-refractivity contribution in [2.24, 2.45) is 11.7 Å². The smallest absolute Gasteiger partial charge is 0.0335 e. The van der Waals surface area contributed by atoms with Gasteiger partial charge in [-0.2, -0.15) is 0 Å². The first-order valence-corrected chi connectivity index (χ1v) is 7.37. The van der Waals surface area contributed by atoms with E-state index in [1.807, 2.05) is 0 Å². The van der Waals surface area contributed by atoms with Crippen LogP contribution in [0.2, 0.25) is 0 Å². The van der Waals surface area contributed by atoms with Crippen LogP contribution in [0, 0.1) is 5.92 Å². The van der Waals surface area contributed by atoms with Gasteiger partial charge in [-0.3, -0.25) is 4.90 Å². The SMILES string of the molecule is CCN1CCN(C2(CN)CCCC(C)C2)CC1. The Morgan fingerprint density at radius 1 is 1.24 bits per heavy atom. The Morgan fingerprint density at radius 2 is 1.94 bits per heavy atom. The summed E-state index contributed by atoms with van der Waals surface area (Å²) in [6.45, 7) is 11.6. The zero-order chi connectivity index (χ0) is 12.3. The van der Waals surface area contributed by atoms with Gasteiger partial charge in [-0.15, -0.1) is 0 Å². The van der Waals surface area contributed by atoms with Gasteiger partial charge in [0.15, 0.2) is 0 Å². The lowest BCUT2D eigenvalue weighted by atomic mass is 9.75. The molecule has 1 saturated carbocycles. The van der Waals surface area contributed by atoms with Crippen molar-refractivity contribution in [2.45, 2.75) is 45.1 Å². The molecular weight excluding hydrogens is 210 g/mol. The zero-order valence-electron chi connectivity index (χ0n) is 11.6. The summed E-state index contributed by atoms with van der Waals surface area (Å²) in [5.41, 5.74) is 6.47. The third-order valence-corrected chi connectivity index (χ3v) is 4.94. The minimum Gasteiger partial charge on any atom is -0.329 e. The summed E-state index contributed by atoms with van der Waals surface area (Å²) in [5, 5.41) is 0. The van der Waals surface area contributed by atoms with Gasteiger partial charge in [0.1, 0.15) is 0 Å². The fourth-order valence-electron chi connectivity index (χ4n) is 3.77. The lowest BCUT2D eigenvalue weighted by Gasteiger charge is -2.50. The van der Waals surface area contributed by atoms with Crippen molar-refractivity contribution >= 4 is 0 Å². The highest BCUT2D eigenvalue weighted by Crippen LogP contribution is 2.36. The fourth-order valence-corrected chi connectivity index (χ4v) is 3.77. The molecule has 2 rings (SSSR count). The van der Waals surface area contributed by atoms with Gasteiger partial charge in [-0.1, -0.05) is 26.7 Å². The highest BCUT2D eigenvalue weighted by atomic mass is 15.3. The maximum Gasteiger partial charge on any atom is 0.0335 e. The third kappa shape index (κ3) is 2.83. The molecule has 0 aromatic heterocycles. The Labute approximate surface area is 106 Å². The molecule has 0 aromatic carbocycles. The minimum absolute atomic E-state index is 0.331. The monoisotopic (exact) mass is 239 g/mol. The number of hydrogen-bond acceptors (Lipinski definition) is 3. The van der Waals surface area contributed by atoms with Crippen LogP contribution in [0.15, 0.2) is 0 Å². The highest BCUT2D eigenvalue weighted by Gasteiger charge is 2.39. The molecule has 0 amide bonds. The summed E-state index contributed by atoms with van der Waals surface area (Å²) < 4.78 is 0. The average Bonchev–Trinajstić information content (AvgIpc) is 2.38. The molecule has 3 nitrogen and oxygen atoms in total. The molecule has 17 heavy (non-hydrogen) atoms. The Bertz CT molecular complexity index is 236. The number of piperazine rings is 1. The van der Waals surface area contributed by atoms with Crippen LogP contribution in [0.3, 0.4) is 0 Å². The summed E-state index contributed by atoms with van der Waals surface area (Å²) in [6.07, 6.45) is 5.40.